The van der Waals surface area contributed by atoms with Crippen molar-refractivity contribution >= 4 is 17.8 Å². The molecule has 1 aliphatic rings. The number of likely N-dealkylation sites (N-methyl/N-ethyl adjacent to an activating group) is 1. The van der Waals surface area contributed by atoms with Gasteiger partial charge in [-0.15, -0.1) is 0 Å². The summed E-state index contributed by atoms with van der Waals surface area (Å²) in [6, 6.07) is 14.8. The molecule has 0 atom stereocenters. The number of aromatic nitrogens is 1. The number of benzene rings is 1. The van der Waals surface area contributed by atoms with E-state index in [4.69, 9.17) is 0 Å². The second kappa shape index (κ2) is 6.89. The summed E-state index contributed by atoms with van der Waals surface area (Å²) in [4.78, 5) is 2.35. The van der Waals surface area contributed by atoms with Crippen molar-refractivity contribution < 1.29 is 28.5 Å². The Morgan fingerprint density at radius 2 is 1.81 bits per heavy atom. The molecule has 0 saturated heterocycles. The van der Waals surface area contributed by atoms with Crippen molar-refractivity contribution in [3.8, 4) is 0 Å². The Balaban J connectivity index is 0.00000161. The van der Waals surface area contributed by atoms with Crippen molar-refractivity contribution in [2.75, 3.05) is 11.4 Å². The standard InChI is InChI=1S/C18H19N2.HI/c1-3-20-17(14-16-9-6-7-13-19(16)2)12-11-15-8-4-5-10-18(15)20;/h4-14H,3H2,1-2H3;1H/q+1;/p-1. The number of allylic oxidation sites excluding steroid dienone is 1. The SMILES string of the molecule is CCN1/C(=C/c2cccc[n+]2C)C=Cc2ccccc21.[I-]. The van der Waals surface area contributed by atoms with Gasteiger partial charge in [0.05, 0.1) is 0 Å². The van der Waals surface area contributed by atoms with Gasteiger partial charge in [-0.1, -0.05) is 24.3 Å². The van der Waals surface area contributed by atoms with Gasteiger partial charge < -0.3 is 28.9 Å². The molecule has 2 aromatic rings. The van der Waals surface area contributed by atoms with Gasteiger partial charge in [0.1, 0.15) is 7.05 Å². The minimum Gasteiger partial charge on any atom is -1.00 e. The number of nitrogens with zero attached hydrogens (tertiary/aromatic N) is 2. The van der Waals surface area contributed by atoms with Crippen molar-refractivity contribution in [1.29, 1.82) is 0 Å². The minimum absolute atomic E-state index is 0. The number of halogens is 1. The first-order valence-corrected chi connectivity index (χ1v) is 7.00. The maximum absolute atomic E-state index is 2.35. The average Bonchev–Trinajstić information content (AvgIpc) is 2.49. The number of pyridine rings is 1. The third-order valence-corrected chi connectivity index (χ3v) is 3.68. The Bertz CT molecular complexity index is 689. The largest absolute Gasteiger partial charge is 1.00 e. The van der Waals surface area contributed by atoms with E-state index in [2.05, 4.69) is 84.3 Å². The number of hydrogen-bond donors (Lipinski definition) is 0. The molecule has 3 heteroatoms. The topological polar surface area (TPSA) is 7.12 Å². The van der Waals surface area contributed by atoms with E-state index in [1.807, 2.05) is 6.07 Å². The van der Waals surface area contributed by atoms with Gasteiger partial charge in [0.15, 0.2) is 6.20 Å². The summed E-state index contributed by atoms with van der Waals surface area (Å²) < 4.78 is 2.13. The maximum atomic E-state index is 2.35. The van der Waals surface area contributed by atoms with Crippen molar-refractivity contribution in [2.45, 2.75) is 6.92 Å². The average molecular weight is 390 g/mol. The van der Waals surface area contributed by atoms with Crippen LogP contribution in [0.3, 0.4) is 0 Å². The zero-order chi connectivity index (χ0) is 13.9. The molecule has 0 amide bonds. The smallest absolute Gasteiger partial charge is 0.207 e. The van der Waals surface area contributed by atoms with E-state index >= 15 is 0 Å². The van der Waals surface area contributed by atoms with E-state index in [1.165, 1.54) is 22.6 Å². The fourth-order valence-corrected chi connectivity index (χ4v) is 2.60. The molecule has 1 aromatic heterocycles. The van der Waals surface area contributed by atoms with Gasteiger partial charge in [-0.25, -0.2) is 4.57 Å². The summed E-state index contributed by atoms with van der Waals surface area (Å²) in [5.41, 5.74) is 4.99. The monoisotopic (exact) mass is 390 g/mol. The fraction of sp³-hybridized carbons (Fsp3) is 0.167. The summed E-state index contributed by atoms with van der Waals surface area (Å²) in [5.74, 6) is 0. The second-order valence-electron chi connectivity index (χ2n) is 4.94. The van der Waals surface area contributed by atoms with Crippen LogP contribution in [0.4, 0.5) is 5.69 Å². The van der Waals surface area contributed by atoms with Crippen molar-refractivity contribution in [2.24, 2.45) is 7.05 Å². The Hall–Kier alpha value is -1.62. The number of hydrogen-bond acceptors (Lipinski definition) is 1. The lowest BCUT2D eigenvalue weighted by atomic mass is 10.1. The van der Waals surface area contributed by atoms with E-state index in [0.717, 1.165) is 6.54 Å². The molecule has 0 fully saturated rings. The maximum Gasteiger partial charge on any atom is 0.207 e. The number of para-hydroxylation sites is 1. The van der Waals surface area contributed by atoms with Crippen LogP contribution in [0.25, 0.3) is 12.2 Å². The molecule has 0 radical (unpaired) electrons. The second-order valence-corrected chi connectivity index (χ2v) is 4.94. The highest BCUT2D eigenvalue weighted by atomic mass is 127. The van der Waals surface area contributed by atoms with Crippen LogP contribution in [0.1, 0.15) is 18.2 Å². The number of fused-ring (bicyclic) bond motifs is 1. The molecule has 1 aliphatic heterocycles. The summed E-state index contributed by atoms with van der Waals surface area (Å²) in [5, 5.41) is 0. The highest BCUT2D eigenvalue weighted by molar-refractivity contribution is 5.79. The van der Waals surface area contributed by atoms with Crippen LogP contribution in [0.5, 0.6) is 0 Å². The molecule has 0 saturated carbocycles. The molecular formula is C18H19IN2. The summed E-state index contributed by atoms with van der Waals surface area (Å²) >= 11 is 0. The minimum atomic E-state index is 0. The van der Waals surface area contributed by atoms with Crippen molar-refractivity contribution in [1.82, 2.24) is 0 Å². The first kappa shape index (κ1) is 15.8. The van der Waals surface area contributed by atoms with Gasteiger partial charge in [-0.05, 0) is 30.7 Å². The molecular weight excluding hydrogens is 371 g/mol. The van der Waals surface area contributed by atoms with Crippen LogP contribution < -0.4 is 33.4 Å². The molecule has 108 valence electrons. The third kappa shape index (κ3) is 3.18. The molecule has 3 rings (SSSR count). The van der Waals surface area contributed by atoms with Gasteiger partial charge in [-0.2, -0.15) is 0 Å². The lowest BCUT2D eigenvalue weighted by Gasteiger charge is -2.29. The first-order chi connectivity index (χ1) is 9.79. The molecule has 0 spiro atoms. The molecule has 21 heavy (non-hydrogen) atoms. The molecule has 0 bridgehead atoms. The highest BCUT2D eigenvalue weighted by Gasteiger charge is 2.16. The van der Waals surface area contributed by atoms with Crippen LogP contribution in [0.15, 0.2) is 60.4 Å². The van der Waals surface area contributed by atoms with E-state index in [-0.39, 0.29) is 24.0 Å². The normalized spacial score (nSPS) is 14.8. The van der Waals surface area contributed by atoms with Crippen LogP contribution >= 0.6 is 0 Å². The number of rotatable bonds is 2. The van der Waals surface area contributed by atoms with Crippen LogP contribution in [-0.4, -0.2) is 6.54 Å². The Labute approximate surface area is 143 Å². The van der Waals surface area contributed by atoms with E-state index < -0.39 is 0 Å². The number of anilines is 1. The Morgan fingerprint density at radius 1 is 1.05 bits per heavy atom. The molecule has 2 nitrogen and oxygen atoms in total. The predicted molar refractivity (Wildman–Crippen MR) is 84.1 cm³/mol. The molecule has 2 heterocycles. The Morgan fingerprint density at radius 3 is 2.57 bits per heavy atom. The zero-order valence-electron chi connectivity index (χ0n) is 12.3. The quantitative estimate of drug-likeness (QED) is 0.533. The Kier molecular flexibility index (Phi) is 5.17. The van der Waals surface area contributed by atoms with Crippen LogP contribution in [-0.2, 0) is 7.05 Å². The van der Waals surface area contributed by atoms with Crippen LogP contribution in [0.2, 0.25) is 0 Å². The van der Waals surface area contributed by atoms with Gasteiger partial charge >= 0.3 is 0 Å². The summed E-state index contributed by atoms with van der Waals surface area (Å²) in [6.45, 7) is 3.15. The molecule has 0 unspecified atom stereocenters. The lowest BCUT2D eigenvalue weighted by Crippen LogP contribution is -3.00. The van der Waals surface area contributed by atoms with E-state index in [1.54, 1.807) is 0 Å². The van der Waals surface area contributed by atoms with Gasteiger partial charge in [0.2, 0.25) is 5.69 Å². The number of aryl methyl sites for hydroxylation is 1. The van der Waals surface area contributed by atoms with Crippen molar-refractivity contribution in [3.63, 3.8) is 0 Å². The molecule has 0 aliphatic carbocycles. The third-order valence-electron chi connectivity index (χ3n) is 3.68. The predicted octanol–water partition coefficient (Wildman–Crippen LogP) is 0.409. The molecule has 1 aromatic carbocycles. The molecule has 0 N–H and O–H groups in total. The summed E-state index contributed by atoms with van der Waals surface area (Å²) in [7, 11) is 2.07. The first-order valence-electron chi connectivity index (χ1n) is 7.00. The summed E-state index contributed by atoms with van der Waals surface area (Å²) in [6.07, 6.45) is 8.69. The van der Waals surface area contributed by atoms with E-state index in [9.17, 15) is 0 Å². The highest BCUT2D eigenvalue weighted by Crippen LogP contribution is 2.30. The van der Waals surface area contributed by atoms with Crippen LogP contribution in [0, 0.1) is 0 Å². The van der Waals surface area contributed by atoms with Crippen molar-refractivity contribution in [3.05, 3.63) is 71.7 Å². The van der Waals surface area contributed by atoms with Gasteiger partial charge in [0.25, 0.3) is 0 Å². The fourth-order valence-electron chi connectivity index (χ4n) is 2.60. The van der Waals surface area contributed by atoms with Gasteiger partial charge in [0, 0.05) is 36.1 Å². The van der Waals surface area contributed by atoms with Gasteiger partial charge in [-0.3, -0.25) is 0 Å². The zero-order valence-corrected chi connectivity index (χ0v) is 14.5. The van der Waals surface area contributed by atoms with E-state index in [0.29, 0.717) is 0 Å². The lowest BCUT2D eigenvalue weighted by molar-refractivity contribution is -0.673.